The Labute approximate surface area is 140 Å². The lowest BCUT2D eigenvalue weighted by Crippen LogP contribution is -2.52. The third kappa shape index (κ3) is 3.32. The zero-order chi connectivity index (χ0) is 13.3. The molecular formula is C12H12Br4O2. The molecule has 0 bridgehead atoms. The van der Waals surface area contributed by atoms with Crippen LogP contribution in [0.2, 0.25) is 0 Å². The summed E-state index contributed by atoms with van der Waals surface area (Å²) in [6, 6.07) is 3.94. The minimum absolute atomic E-state index is 0.100. The molecule has 0 spiro atoms. The number of ether oxygens (including phenoxy) is 2. The Morgan fingerprint density at radius 1 is 1.22 bits per heavy atom. The average Bonchev–Trinajstić information content (AvgIpc) is 2.29. The molecule has 1 aliphatic carbocycles. The van der Waals surface area contributed by atoms with Gasteiger partial charge >= 0.3 is 0 Å². The Bertz CT molecular complexity index is 415. The van der Waals surface area contributed by atoms with E-state index in [2.05, 4.69) is 63.7 Å². The van der Waals surface area contributed by atoms with Crippen molar-refractivity contribution >= 4 is 63.7 Å². The SMILES string of the molecule is CCOC1C(Br)CC1Oc1c(Br)cc(Br)cc1Br. The van der Waals surface area contributed by atoms with Crippen molar-refractivity contribution in [3.8, 4) is 5.75 Å². The lowest BCUT2D eigenvalue weighted by Gasteiger charge is -2.41. The van der Waals surface area contributed by atoms with Gasteiger partial charge in [-0.2, -0.15) is 0 Å². The second-order valence-corrected chi connectivity index (χ2v) is 7.83. The summed E-state index contributed by atoms with van der Waals surface area (Å²) in [6.45, 7) is 2.70. The number of halogens is 4. The van der Waals surface area contributed by atoms with E-state index in [-0.39, 0.29) is 12.2 Å². The van der Waals surface area contributed by atoms with Gasteiger partial charge in [0.1, 0.15) is 18.0 Å². The van der Waals surface area contributed by atoms with Crippen molar-refractivity contribution in [2.24, 2.45) is 0 Å². The second kappa shape index (κ2) is 6.57. The van der Waals surface area contributed by atoms with E-state index in [9.17, 15) is 0 Å². The van der Waals surface area contributed by atoms with E-state index in [0.29, 0.717) is 11.4 Å². The maximum absolute atomic E-state index is 6.03. The minimum atomic E-state index is 0.100. The second-order valence-electron chi connectivity index (χ2n) is 4.03. The first-order valence-electron chi connectivity index (χ1n) is 5.59. The fourth-order valence-corrected chi connectivity index (χ4v) is 5.15. The predicted molar refractivity (Wildman–Crippen MR) is 86.7 cm³/mol. The smallest absolute Gasteiger partial charge is 0.148 e. The van der Waals surface area contributed by atoms with Crippen LogP contribution >= 0.6 is 63.7 Å². The van der Waals surface area contributed by atoms with Gasteiger partial charge in [0, 0.05) is 22.3 Å². The van der Waals surface area contributed by atoms with Crippen molar-refractivity contribution in [1.29, 1.82) is 0 Å². The van der Waals surface area contributed by atoms with Gasteiger partial charge in [-0.3, -0.25) is 0 Å². The summed E-state index contributed by atoms with van der Waals surface area (Å²) < 4.78 is 14.6. The Hall–Kier alpha value is 0.900. The van der Waals surface area contributed by atoms with E-state index in [1.54, 1.807) is 0 Å². The normalized spacial score (nSPS) is 26.8. The molecule has 6 heteroatoms. The van der Waals surface area contributed by atoms with Crippen LogP contribution in [-0.2, 0) is 4.74 Å². The standard InChI is InChI=1S/C12H12Br4O2/c1-2-17-12-9(16)5-10(12)18-11-7(14)3-6(13)4-8(11)15/h3-4,9-10,12H,2,5H2,1H3. The number of rotatable bonds is 4. The summed E-state index contributed by atoms with van der Waals surface area (Å²) in [4.78, 5) is 0.385. The average molecular weight is 508 g/mol. The lowest BCUT2D eigenvalue weighted by atomic mass is 9.91. The van der Waals surface area contributed by atoms with Gasteiger partial charge in [-0.15, -0.1) is 0 Å². The number of alkyl halides is 1. The molecule has 0 aromatic heterocycles. The summed E-state index contributed by atoms with van der Waals surface area (Å²) in [5.74, 6) is 0.826. The maximum Gasteiger partial charge on any atom is 0.148 e. The summed E-state index contributed by atoms with van der Waals surface area (Å²) in [6.07, 6.45) is 1.18. The molecule has 2 nitrogen and oxygen atoms in total. The number of hydrogen-bond donors (Lipinski definition) is 0. The van der Waals surface area contributed by atoms with Crippen LogP contribution in [0, 0.1) is 0 Å². The van der Waals surface area contributed by atoms with Gasteiger partial charge in [0.15, 0.2) is 0 Å². The van der Waals surface area contributed by atoms with Gasteiger partial charge in [0.05, 0.1) is 8.95 Å². The third-order valence-corrected chi connectivity index (χ3v) is 5.30. The van der Waals surface area contributed by atoms with Gasteiger partial charge in [0.25, 0.3) is 0 Å². The van der Waals surface area contributed by atoms with Gasteiger partial charge in [-0.25, -0.2) is 0 Å². The molecule has 100 valence electrons. The van der Waals surface area contributed by atoms with Crippen LogP contribution in [0.15, 0.2) is 25.6 Å². The molecule has 0 N–H and O–H groups in total. The molecule has 0 saturated heterocycles. The Morgan fingerprint density at radius 3 is 2.33 bits per heavy atom. The van der Waals surface area contributed by atoms with Crippen LogP contribution in [0.1, 0.15) is 13.3 Å². The highest BCUT2D eigenvalue weighted by Gasteiger charge is 2.42. The van der Waals surface area contributed by atoms with E-state index in [0.717, 1.165) is 25.6 Å². The van der Waals surface area contributed by atoms with Gasteiger partial charge < -0.3 is 9.47 Å². The zero-order valence-corrected chi connectivity index (χ0v) is 16.0. The molecule has 3 atom stereocenters. The molecule has 1 saturated carbocycles. The molecule has 1 aliphatic rings. The van der Waals surface area contributed by atoms with Gasteiger partial charge in [-0.1, -0.05) is 31.9 Å². The molecule has 1 fully saturated rings. The summed E-state index contributed by atoms with van der Waals surface area (Å²) in [5, 5.41) is 0. The Kier molecular flexibility index (Phi) is 5.58. The van der Waals surface area contributed by atoms with E-state index >= 15 is 0 Å². The van der Waals surface area contributed by atoms with Crippen LogP contribution in [0.4, 0.5) is 0 Å². The topological polar surface area (TPSA) is 18.5 Å². The monoisotopic (exact) mass is 504 g/mol. The molecule has 3 unspecified atom stereocenters. The first kappa shape index (κ1) is 15.3. The highest BCUT2D eigenvalue weighted by atomic mass is 79.9. The highest BCUT2D eigenvalue weighted by Crippen LogP contribution is 2.41. The molecule has 1 aromatic rings. The maximum atomic E-state index is 6.03. The van der Waals surface area contributed by atoms with E-state index in [1.165, 1.54) is 0 Å². The Morgan fingerprint density at radius 2 is 1.83 bits per heavy atom. The molecule has 0 aliphatic heterocycles. The predicted octanol–water partition coefficient (Wildman–Crippen LogP) is 5.29. The Balaban J connectivity index is 2.10. The molecule has 0 radical (unpaired) electrons. The van der Waals surface area contributed by atoms with E-state index in [4.69, 9.17) is 9.47 Å². The highest BCUT2D eigenvalue weighted by molar-refractivity contribution is 9.11. The summed E-state index contributed by atoms with van der Waals surface area (Å²) in [7, 11) is 0. The van der Waals surface area contributed by atoms with E-state index in [1.807, 2.05) is 19.1 Å². The summed E-state index contributed by atoms with van der Waals surface area (Å²) in [5.41, 5.74) is 0. The largest absolute Gasteiger partial charge is 0.485 e. The summed E-state index contributed by atoms with van der Waals surface area (Å²) >= 11 is 14.1. The lowest BCUT2D eigenvalue weighted by molar-refractivity contribution is -0.0728. The van der Waals surface area contributed by atoms with Crippen LogP contribution in [0.25, 0.3) is 0 Å². The molecule has 0 heterocycles. The van der Waals surface area contributed by atoms with Crippen LogP contribution in [-0.4, -0.2) is 23.6 Å². The van der Waals surface area contributed by atoms with E-state index < -0.39 is 0 Å². The first-order chi connectivity index (χ1) is 8.52. The minimum Gasteiger partial charge on any atom is -0.485 e. The van der Waals surface area contributed by atoms with Crippen molar-refractivity contribution in [2.45, 2.75) is 30.4 Å². The molecule has 2 rings (SSSR count). The quantitative estimate of drug-likeness (QED) is 0.515. The molecule has 1 aromatic carbocycles. The number of hydrogen-bond acceptors (Lipinski definition) is 2. The number of benzene rings is 1. The van der Waals surface area contributed by atoms with Gasteiger partial charge in [0.2, 0.25) is 0 Å². The van der Waals surface area contributed by atoms with Crippen molar-refractivity contribution < 1.29 is 9.47 Å². The van der Waals surface area contributed by atoms with Crippen LogP contribution in [0.3, 0.4) is 0 Å². The van der Waals surface area contributed by atoms with Crippen molar-refractivity contribution in [1.82, 2.24) is 0 Å². The zero-order valence-electron chi connectivity index (χ0n) is 9.63. The van der Waals surface area contributed by atoms with Crippen molar-refractivity contribution in [2.75, 3.05) is 6.61 Å². The van der Waals surface area contributed by atoms with Crippen molar-refractivity contribution in [3.63, 3.8) is 0 Å². The first-order valence-corrected chi connectivity index (χ1v) is 8.89. The molecule has 18 heavy (non-hydrogen) atoms. The fraction of sp³-hybridized carbons (Fsp3) is 0.500. The van der Waals surface area contributed by atoms with Crippen LogP contribution in [0.5, 0.6) is 5.75 Å². The van der Waals surface area contributed by atoms with Gasteiger partial charge in [-0.05, 0) is 50.9 Å². The molecule has 0 amide bonds. The molecular weight excluding hydrogens is 496 g/mol. The third-order valence-electron chi connectivity index (χ3n) is 2.77. The van der Waals surface area contributed by atoms with Crippen LogP contribution < -0.4 is 4.74 Å². The van der Waals surface area contributed by atoms with Crippen molar-refractivity contribution in [3.05, 3.63) is 25.6 Å². The fourth-order valence-electron chi connectivity index (χ4n) is 1.84.